The molecule has 0 unspecified atom stereocenters. The molecule has 6 heteroatoms. The van der Waals surface area contributed by atoms with Crippen LogP contribution in [0.25, 0.3) is 0 Å². The van der Waals surface area contributed by atoms with Crippen LogP contribution in [-0.4, -0.2) is 35.7 Å². The lowest BCUT2D eigenvalue weighted by atomic mass is 10.0. The number of amides is 1. The van der Waals surface area contributed by atoms with Gasteiger partial charge in [-0.05, 0) is 19.1 Å². The molecule has 0 bridgehead atoms. The van der Waals surface area contributed by atoms with Gasteiger partial charge in [0.1, 0.15) is 0 Å². The Hall–Kier alpha value is -1.26. The van der Waals surface area contributed by atoms with Crippen molar-refractivity contribution in [3.63, 3.8) is 0 Å². The molecule has 0 aliphatic carbocycles. The average molecular weight is 329 g/mol. The average Bonchev–Trinajstić information content (AvgIpc) is 2.95. The Kier molecular flexibility index (Phi) is 5.48. The maximum Gasteiger partial charge on any atom is 0.222 e. The molecule has 4 nitrogen and oxygen atoms in total. The summed E-state index contributed by atoms with van der Waals surface area (Å²) >= 11 is 11.9. The highest BCUT2D eigenvalue weighted by molar-refractivity contribution is 6.42. The summed E-state index contributed by atoms with van der Waals surface area (Å²) in [6.45, 7) is 5.05. The Morgan fingerprint density at radius 1 is 1.38 bits per heavy atom. The Balaban J connectivity index is 1.99. The zero-order valence-electron chi connectivity index (χ0n) is 12.1. The van der Waals surface area contributed by atoms with Crippen molar-refractivity contribution in [2.24, 2.45) is 5.16 Å². The molecule has 0 saturated carbocycles. The Bertz CT molecular complexity index is 561. The molecule has 0 radical (unpaired) electrons. The van der Waals surface area contributed by atoms with Crippen molar-refractivity contribution in [2.75, 3.05) is 13.1 Å². The number of hydrogen-bond donors (Lipinski definition) is 0. The van der Waals surface area contributed by atoms with Crippen LogP contribution in [0.4, 0.5) is 0 Å². The number of hydrogen-bond acceptors (Lipinski definition) is 3. The van der Waals surface area contributed by atoms with Gasteiger partial charge in [0.15, 0.2) is 6.10 Å². The third-order valence-electron chi connectivity index (χ3n) is 3.45. The number of carbonyl (C=O) groups excluding carboxylic acids is 1. The van der Waals surface area contributed by atoms with Crippen LogP contribution in [0.1, 0.15) is 32.3 Å². The molecule has 1 atom stereocenters. The highest BCUT2D eigenvalue weighted by Gasteiger charge is 2.25. The summed E-state index contributed by atoms with van der Waals surface area (Å²) in [5, 5.41) is 5.12. The second-order valence-electron chi connectivity index (χ2n) is 4.88. The second-order valence-corrected chi connectivity index (χ2v) is 5.70. The van der Waals surface area contributed by atoms with E-state index in [2.05, 4.69) is 5.16 Å². The minimum Gasteiger partial charge on any atom is -0.390 e. The maximum atomic E-state index is 11.8. The van der Waals surface area contributed by atoms with Crippen molar-refractivity contribution in [1.82, 2.24) is 4.90 Å². The first-order valence-electron chi connectivity index (χ1n) is 7.01. The Labute approximate surface area is 134 Å². The molecular formula is C15H18Cl2N2O2. The van der Waals surface area contributed by atoms with Gasteiger partial charge in [0, 0.05) is 24.9 Å². The van der Waals surface area contributed by atoms with Crippen LogP contribution in [-0.2, 0) is 9.63 Å². The number of carbonyl (C=O) groups is 1. The SMILES string of the molecule is CCC(=O)N(CC)C[C@H]1CC(c2ccc(Cl)c(Cl)c2)=NO1. The quantitative estimate of drug-likeness (QED) is 0.826. The van der Waals surface area contributed by atoms with Crippen molar-refractivity contribution in [1.29, 1.82) is 0 Å². The summed E-state index contributed by atoms with van der Waals surface area (Å²) in [5.74, 6) is 0.129. The first-order valence-corrected chi connectivity index (χ1v) is 7.76. The minimum absolute atomic E-state index is 0.107. The molecule has 1 amide bonds. The van der Waals surface area contributed by atoms with Gasteiger partial charge in [-0.1, -0.05) is 41.3 Å². The van der Waals surface area contributed by atoms with Gasteiger partial charge in [0.25, 0.3) is 0 Å². The molecule has 0 aromatic heterocycles. The predicted molar refractivity (Wildman–Crippen MR) is 85.0 cm³/mol. The number of oxime groups is 1. The molecular weight excluding hydrogens is 311 g/mol. The highest BCUT2D eigenvalue weighted by atomic mass is 35.5. The summed E-state index contributed by atoms with van der Waals surface area (Å²) in [7, 11) is 0. The van der Waals surface area contributed by atoms with Crippen LogP contribution in [0, 0.1) is 0 Å². The molecule has 1 heterocycles. The van der Waals surface area contributed by atoms with Crippen LogP contribution >= 0.6 is 23.2 Å². The lowest BCUT2D eigenvalue weighted by Crippen LogP contribution is -2.37. The Morgan fingerprint density at radius 3 is 2.76 bits per heavy atom. The number of rotatable bonds is 5. The largest absolute Gasteiger partial charge is 0.390 e. The van der Waals surface area contributed by atoms with Gasteiger partial charge in [-0.2, -0.15) is 0 Å². The highest BCUT2D eigenvalue weighted by Crippen LogP contribution is 2.25. The van der Waals surface area contributed by atoms with Crippen LogP contribution in [0.2, 0.25) is 10.0 Å². The normalized spacial score (nSPS) is 17.3. The van der Waals surface area contributed by atoms with E-state index in [-0.39, 0.29) is 12.0 Å². The summed E-state index contributed by atoms with van der Waals surface area (Å²) in [6, 6.07) is 5.39. The van der Waals surface area contributed by atoms with Crippen molar-refractivity contribution in [3.05, 3.63) is 33.8 Å². The molecule has 0 spiro atoms. The van der Waals surface area contributed by atoms with E-state index in [1.807, 2.05) is 19.9 Å². The lowest BCUT2D eigenvalue weighted by molar-refractivity contribution is -0.132. The number of benzene rings is 1. The van der Waals surface area contributed by atoms with Crippen molar-refractivity contribution in [3.8, 4) is 0 Å². The van der Waals surface area contributed by atoms with Gasteiger partial charge in [-0.15, -0.1) is 0 Å². The molecule has 2 rings (SSSR count). The van der Waals surface area contributed by atoms with Gasteiger partial charge >= 0.3 is 0 Å². The van der Waals surface area contributed by atoms with Crippen LogP contribution in [0.5, 0.6) is 0 Å². The summed E-state index contributed by atoms with van der Waals surface area (Å²) in [6.07, 6.45) is 1.05. The van der Waals surface area contributed by atoms with E-state index >= 15 is 0 Å². The second kappa shape index (κ2) is 7.14. The van der Waals surface area contributed by atoms with E-state index in [9.17, 15) is 4.79 Å². The molecule has 114 valence electrons. The van der Waals surface area contributed by atoms with E-state index in [1.165, 1.54) is 0 Å². The molecule has 0 fully saturated rings. The fraction of sp³-hybridized carbons (Fsp3) is 0.467. The molecule has 1 aliphatic rings. The third kappa shape index (κ3) is 3.89. The third-order valence-corrected chi connectivity index (χ3v) is 4.19. The molecule has 1 aromatic carbocycles. The van der Waals surface area contributed by atoms with Gasteiger partial charge < -0.3 is 9.74 Å². The lowest BCUT2D eigenvalue weighted by Gasteiger charge is -2.22. The van der Waals surface area contributed by atoms with Crippen LogP contribution in [0.15, 0.2) is 23.4 Å². The molecule has 21 heavy (non-hydrogen) atoms. The smallest absolute Gasteiger partial charge is 0.222 e. The number of nitrogens with zero attached hydrogens (tertiary/aromatic N) is 2. The van der Waals surface area contributed by atoms with Crippen molar-refractivity contribution >= 4 is 34.8 Å². The fourth-order valence-corrected chi connectivity index (χ4v) is 2.55. The molecule has 0 saturated heterocycles. The molecule has 0 N–H and O–H groups in total. The molecule has 1 aromatic rings. The summed E-state index contributed by atoms with van der Waals surface area (Å²) in [5.41, 5.74) is 1.73. The summed E-state index contributed by atoms with van der Waals surface area (Å²) < 4.78 is 0. The zero-order chi connectivity index (χ0) is 15.4. The van der Waals surface area contributed by atoms with Crippen LogP contribution in [0.3, 0.4) is 0 Å². The fourth-order valence-electron chi connectivity index (χ4n) is 2.25. The van der Waals surface area contributed by atoms with E-state index < -0.39 is 0 Å². The summed E-state index contributed by atoms with van der Waals surface area (Å²) in [4.78, 5) is 19.0. The first-order chi connectivity index (χ1) is 10.0. The standard InChI is InChI=1S/C15H18Cl2N2O2/c1-3-15(20)19(4-2)9-11-8-14(18-21-11)10-5-6-12(16)13(17)7-10/h5-7,11H,3-4,8-9H2,1-2H3/t11-/m1/s1. The van der Waals surface area contributed by atoms with Gasteiger partial charge in [-0.25, -0.2) is 0 Å². The van der Waals surface area contributed by atoms with Crippen molar-refractivity contribution in [2.45, 2.75) is 32.8 Å². The first kappa shape index (κ1) is 16.1. The van der Waals surface area contributed by atoms with Crippen LogP contribution < -0.4 is 0 Å². The van der Waals surface area contributed by atoms with Gasteiger partial charge in [-0.3, -0.25) is 4.79 Å². The monoisotopic (exact) mass is 328 g/mol. The predicted octanol–water partition coefficient (Wildman–Crippen LogP) is 3.74. The van der Waals surface area contributed by atoms with Gasteiger partial charge in [0.2, 0.25) is 5.91 Å². The maximum absolute atomic E-state index is 11.8. The molecule has 1 aliphatic heterocycles. The zero-order valence-corrected chi connectivity index (χ0v) is 13.6. The van der Waals surface area contributed by atoms with E-state index in [0.29, 0.717) is 36.0 Å². The van der Waals surface area contributed by atoms with E-state index in [1.54, 1.807) is 17.0 Å². The Morgan fingerprint density at radius 2 is 2.14 bits per heavy atom. The number of likely N-dealkylation sites (N-methyl/N-ethyl adjacent to an activating group) is 1. The minimum atomic E-state index is -0.107. The van der Waals surface area contributed by atoms with Gasteiger partial charge in [0.05, 0.1) is 22.3 Å². The van der Waals surface area contributed by atoms with E-state index in [4.69, 9.17) is 28.0 Å². The van der Waals surface area contributed by atoms with Crippen molar-refractivity contribution < 1.29 is 9.63 Å². The van der Waals surface area contributed by atoms with E-state index in [0.717, 1.165) is 11.3 Å². The topological polar surface area (TPSA) is 41.9 Å². The number of halogens is 2.